The maximum absolute atomic E-state index is 12.1. The van der Waals surface area contributed by atoms with E-state index in [0.717, 1.165) is 0 Å². The fraction of sp³-hybridized carbons (Fsp3) is 0.533. The van der Waals surface area contributed by atoms with Gasteiger partial charge in [0.25, 0.3) is 0 Å². The van der Waals surface area contributed by atoms with Gasteiger partial charge < -0.3 is 20.5 Å². The summed E-state index contributed by atoms with van der Waals surface area (Å²) in [5, 5.41) is 14.3. The lowest BCUT2D eigenvalue weighted by atomic mass is 10.1. The zero-order valence-electron chi connectivity index (χ0n) is 13.0. The number of benzene rings is 1. The Morgan fingerprint density at radius 2 is 2.04 bits per heavy atom. The first-order chi connectivity index (χ1) is 10.7. The van der Waals surface area contributed by atoms with Crippen molar-refractivity contribution in [3.05, 3.63) is 29.8 Å². The fourth-order valence-electron chi connectivity index (χ4n) is 1.65. The Morgan fingerprint density at radius 3 is 2.65 bits per heavy atom. The van der Waals surface area contributed by atoms with Crippen LogP contribution >= 0.6 is 0 Å². The number of rotatable bonds is 7. The molecule has 8 heteroatoms. The normalized spacial score (nSPS) is 14.0. The van der Waals surface area contributed by atoms with Crippen LogP contribution in [0.1, 0.15) is 19.4 Å². The van der Waals surface area contributed by atoms with Crippen molar-refractivity contribution in [1.82, 2.24) is 10.6 Å². The summed E-state index contributed by atoms with van der Waals surface area (Å²) in [5.74, 6) is 0.00384. The average Bonchev–Trinajstić information content (AvgIpc) is 2.49. The second kappa shape index (κ2) is 8.61. The van der Waals surface area contributed by atoms with E-state index in [9.17, 15) is 18.0 Å². The number of carbonyl (C=O) groups excluding carboxylic acids is 1. The number of carbonyl (C=O) groups is 1. The summed E-state index contributed by atoms with van der Waals surface area (Å²) in [6.45, 7) is 2.31. The van der Waals surface area contributed by atoms with E-state index in [0.29, 0.717) is 5.56 Å². The molecule has 5 nitrogen and oxygen atoms in total. The maximum Gasteiger partial charge on any atom is 0.422 e. The maximum atomic E-state index is 12.1. The van der Waals surface area contributed by atoms with Gasteiger partial charge in [-0.1, -0.05) is 19.1 Å². The molecule has 0 spiro atoms. The van der Waals surface area contributed by atoms with Gasteiger partial charge in [0.05, 0.1) is 0 Å². The molecule has 2 atom stereocenters. The molecule has 0 aliphatic rings. The van der Waals surface area contributed by atoms with Crippen molar-refractivity contribution in [2.24, 2.45) is 5.92 Å². The van der Waals surface area contributed by atoms with E-state index in [1.165, 1.54) is 12.1 Å². The Morgan fingerprint density at radius 1 is 1.35 bits per heavy atom. The highest BCUT2D eigenvalue weighted by atomic mass is 19.4. The van der Waals surface area contributed by atoms with Crippen molar-refractivity contribution in [1.29, 1.82) is 0 Å². The van der Waals surface area contributed by atoms with Crippen LogP contribution in [0.25, 0.3) is 0 Å². The number of nitrogens with one attached hydrogen (secondary N) is 2. The first kappa shape index (κ1) is 19.1. The third-order valence-corrected chi connectivity index (χ3v) is 3.25. The van der Waals surface area contributed by atoms with Crippen molar-refractivity contribution >= 4 is 6.03 Å². The molecule has 2 unspecified atom stereocenters. The molecule has 0 fully saturated rings. The van der Waals surface area contributed by atoms with Gasteiger partial charge >= 0.3 is 12.2 Å². The molecule has 1 aromatic carbocycles. The van der Waals surface area contributed by atoms with Crippen LogP contribution in [0.2, 0.25) is 0 Å². The largest absolute Gasteiger partial charge is 0.484 e. The molecule has 0 heterocycles. The molecule has 0 aliphatic carbocycles. The lowest BCUT2D eigenvalue weighted by Gasteiger charge is -2.19. The van der Waals surface area contributed by atoms with Crippen molar-refractivity contribution in [2.45, 2.75) is 32.6 Å². The minimum atomic E-state index is -4.40. The Kier molecular flexibility index (Phi) is 7.15. The van der Waals surface area contributed by atoms with Crippen molar-refractivity contribution < 1.29 is 27.8 Å². The van der Waals surface area contributed by atoms with Gasteiger partial charge in [-0.25, -0.2) is 4.79 Å². The third-order valence-electron chi connectivity index (χ3n) is 3.25. The van der Waals surface area contributed by atoms with Gasteiger partial charge in [-0.15, -0.1) is 0 Å². The Bertz CT molecular complexity index is 509. The molecular weight excluding hydrogens is 313 g/mol. The molecular formula is C15H21F3N2O3. The lowest BCUT2D eigenvalue weighted by Crippen LogP contribution is -2.43. The Balaban J connectivity index is 2.47. The number of ether oxygens (including phenoxy) is 1. The van der Waals surface area contributed by atoms with Gasteiger partial charge in [0.2, 0.25) is 0 Å². The van der Waals surface area contributed by atoms with Gasteiger partial charge in [-0.05, 0) is 30.5 Å². The zero-order valence-corrected chi connectivity index (χ0v) is 13.0. The van der Waals surface area contributed by atoms with Gasteiger partial charge in [0.1, 0.15) is 5.75 Å². The molecule has 130 valence electrons. The van der Waals surface area contributed by atoms with E-state index >= 15 is 0 Å². The number of aliphatic hydroxyl groups is 1. The summed E-state index contributed by atoms with van der Waals surface area (Å²) in [4.78, 5) is 11.7. The number of alkyl halides is 3. The molecule has 3 N–H and O–H groups in total. The molecule has 1 aromatic rings. The van der Waals surface area contributed by atoms with Crippen molar-refractivity contribution in [3.8, 4) is 5.75 Å². The van der Waals surface area contributed by atoms with E-state index in [1.807, 2.05) is 0 Å². The van der Waals surface area contributed by atoms with Crippen LogP contribution in [-0.2, 0) is 6.54 Å². The number of hydrogen-bond donors (Lipinski definition) is 3. The monoisotopic (exact) mass is 334 g/mol. The van der Waals surface area contributed by atoms with Crippen LogP contribution in [-0.4, -0.2) is 36.6 Å². The van der Waals surface area contributed by atoms with Crippen molar-refractivity contribution in [3.63, 3.8) is 0 Å². The zero-order chi connectivity index (χ0) is 17.5. The quantitative estimate of drug-likeness (QED) is 0.717. The van der Waals surface area contributed by atoms with E-state index < -0.39 is 18.8 Å². The molecule has 2 amide bonds. The molecule has 23 heavy (non-hydrogen) atoms. The van der Waals surface area contributed by atoms with Crippen LogP contribution in [0, 0.1) is 5.92 Å². The topological polar surface area (TPSA) is 70.6 Å². The van der Waals surface area contributed by atoms with Gasteiger partial charge in [0, 0.05) is 19.2 Å². The predicted molar refractivity (Wildman–Crippen MR) is 79.1 cm³/mol. The Labute approximate surface area is 132 Å². The summed E-state index contributed by atoms with van der Waals surface area (Å²) >= 11 is 0. The molecule has 0 saturated heterocycles. The average molecular weight is 334 g/mol. The molecule has 0 saturated carbocycles. The van der Waals surface area contributed by atoms with Crippen molar-refractivity contribution in [2.75, 3.05) is 13.2 Å². The SMILES string of the molecule is CC(CO)C(C)NC(=O)NCc1cccc(OCC(F)(F)F)c1. The number of amides is 2. The second-order valence-electron chi connectivity index (χ2n) is 5.33. The second-order valence-corrected chi connectivity index (χ2v) is 5.33. The number of halogens is 3. The standard InChI is InChI=1S/C15H21F3N2O3/c1-10(8-21)11(2)20-14(22)19-7-12-4-3-5-13(6-12)23-9-15(16,17)18/h3-6,10-11,21H,7-9H2,1-2H3,(H2,19,20,22). The van der Waals surface area contributed by atoms with Gasteiger partial charge in [-0.3, -0.25) is 0 Å². The summed E-state index contributed by atoms with van der Waals surface area (Å²) in [6.07, 6.45) is -4.40. The van der Waals surface area contributed by atoms with Crippen LogP contribution < -0.4 is 15.4 Å². The van der Waals surface area contributed by atoms with E-state index in [-0.39, 0.29) is 30.9 Å². The highest BCUT2D eigenvalue weighted by molar-refractivity contribution is 5.74. The summed E-state index contributed by atoms with van der Waals surface area (Å²) in [7, 11) is 0. The molecule has 0 aromatic heterocycles. The highest BCUT2D eigenvalue weighted by Gasteiger charge is 2.28. The van der Waals surface area contributed by atoms with E-state index in [4.69, 9.17) is 5.11 Å². The minimum absolute atomic E-state index is 0.0416. The van der Waals surface area contributed by atoms with Gasteiger partial charge in [0.15, 0.2) is 6.61 Å². The van der Waals surface area contributed by atoms with Gasteiger partial charge in [-0.2, -0.15) is 13.2 Å². The number of hydrogen-bond acceptors (Lipinski definition) is 3. The van der Waals surface area contributed by atoms with E-state index in [2.05, 4.69) is 15.4 Å². The summed E-state index contributed by atoms with van der Waals surface area (Å²) in [6, 6.07) is 5.45. The van der Waals surface area contributed by atoms with E-state index in [1.54, 1.807) is 26.0 Å². The molecule has 0 aliphatic heterocycles. The Hall–Kier alpha value is -1.96. The highest BCUT2D eigenvalue weighted by Crippen LogP contribution is 2.19. The number of urea groups is 1. The molecule has 1 rings (SSSR count). The van der Waals surface area contributed by atoms with Crippen LogP contribution in [0.5, 0.6) is 5.75 Å². The third kappa shape index (κ3) is 7.73. The van der Waals surface area contributed by atoms with Crippen LogP contribution in [0.15, 0.2) is 24.3 Å². The summed E-state index contributed by atoms with van der Waals surface area (Å²) < 4.78 is 41.0. The fourth-order valence-corrected chi connectivity index (χ4v) is 1.65. The number of aliphatic hydroxyl groups excluding tert-OH is 1. The minimum Gasteiger partial charge on any atom is -0.484 e. The lowest BCUT2D eigenvalue weighted by molar-refractivity contribution is -0.153. The molecule has 0 radical (unpaired) electrons. The first-order valence-electron chi connectivity index (χ1n) is 7.15. The molecule has 0 bridgehead atoms. The van der Waals surface area contributed by atoms with Crippen LogP contribution in [0.3, 0.4) is 0 Å². The smallest absolute Gasteiger partial charge is 0.422 e. The van der Waals surface area contributed by atoms with Crippen LogP contribution in [0.4, 0.5) is 18.0 Å². The first-order valence-corrected chi connectivity index (χ1v) is 7.15. The summed E-state index contributed by atoms with van der Waals surface area (Å²) in [5.41, 5.74) is 0.614. The predicted octanol–water partition coefficient (Wildman–Crippen LogP) is 2.44.